The minimum absolute atomic E-state index is 0.503. The summed E-state index contributed by atoms with van der Waals surface area (Å²) >= 11 is 0. The molecule has 0 aromatic rings. The first kappa shape index (κ1) is 12.5. The van der Waals surface area contributed by atoms with E-state index in [0.29, 0.717) is 0 Å². The van der Waals surface area contributed by atoms with Crippen molar-refractivity contribution in [3.63, 3.8) is 0 Å². The van der Waals surface area contributed by atoms with Crippen LogP contribution in [-0.4, -0.2) is 57.2 Å². The van der Waals surface area contributed by atoms with Gasteiger partial charge in [0.25, 0.3) is 0 Å². The molecule has 0 bridgehead atoms. The van der Waals surface area contributed by atoms with Crippen LogP contribution < -0.4 is 5.73 Å². The van der Waals surface area contributed by atoms with Gasteiger partial charge in [-0.2, -0.15) is 0 Å². The first-order valence-electron chi connectivity index (χ1n) is 3.83. The van der Waals surface area contributed by atoms with Gasteiger partial charge in [0, 0.05) is 0 Å². The number of ketones is 1. The lowest BCUT2D eigenvalue weighted by Crippen LogP contribution is -2.52. The van der Waals surface area contributed by atoms with Crippen molar-refractivity contribution in [2.75, 3.05) is 6.61 Å². The van der Waals surface area contributed by atoms with Crippen LogP contribution in [0.15, 0.2) is 0 Å². The van der Waals surface area contributed by atoms with Gasteiger partial charge in [0.2, 0.25) is 0 Å². The highest BCUT2D eigenvalue weighted by Crippen LogP contribution is 2.03. The molecule has 0 aromatic heterocycles. The minimum atomic E-state index is -1.62. The molecule has 0 aromatic carbocycles. The molecule has 6 nitrogen and oxygen atoms in total. The molecule has 13 heavy (non-hydrogen) atoms. The summed E-state index contributed by atoms with van der Waals surface area (Å²) in [6.07, 6.45) is -4.69. The second-order valence-electron chi connectivity index (χ2n) is 2.87. The molecule has 4 atom stereocenters. The average Bonchev–Trinajstić information content (AvgIpc) is 2.12. The van der Waals surface area contributed by atoms with E-state index in [1.165, 1.54) is 0 Å². The van der Waals surface area contributed by atoms with Crippen LogP contribution in [0.2, 0.25) is 0 Å². The summed E-state index contributed by atoms with van der Waals surface area (Å²) in [5.74, 6) is -0.503. The summed E-state index contributed by atoms with van der Waals surface area (Å²) < 4.78 is 0. The molecule has 0 saturated carbocycles. The predicted molar refractivity (Wildman–Crippen MR) is 43.8 cm³/mol. The molecule has 0 aliphatic heterocycles. The van der Waals surface area contributed by atoms with E-state index in [0.717, 1.165) is 6.92 Å². The molecular formula is C7H15NO5. The maximum absolute atomic E-state index is 10.7. The zero-order valence-electron chi connectivity index (χ0n) is 7.29. The molecular weight excluding hydrogens is 178 g/mol. The van der Waals surface area contributed by atoms with Gasteiger partial charge in [0.15, 0.2) is 0 Å². The van der Waals surface area contributed by atoms with E-state index in [1.807, 2.05) is 0 Å². The van der Waals surface area contributed by atoms with Gasteiger partial charge in [0.1, 0.15) is 24.1 Å². The van der Waals surface area contributed by atoms with Crippen LogP contribution >= 0.6 is 0 Å². The number of hydrogen-bond acceptors (Lipinski definition) is 6. The van der Waals surface area contributed by atoms with E-state index in [-0.39, 0.29) is 0 Å². The Morgan fingerprint density at radius 2 is 1.77 bits per heavy atom. The summed E-state index contributed by atoms with van der Waals surface area (Å²) in [5.41, 5.74) is 5.20. The van der Waals surface area contributed by atoms with Crippen LogP contribution in [-0.2, 0) is 4.79 Å². The van der Waals surface area contributed by atoms with Gasteiger partial charge in [-0.3, -0.25) is 4.79 Å². The van der Waals surface area contributed by atoms with Gasteiger partial charge in [-0.05, 0) is 6.92 Å². The predicted octanol–water partition coefficient (Wildman–Crippen LogP) is -3.02. The first-order valence-corrected chi connectivity index (χ1v) is 3.83. The largest absolute Gasteiger partial charge is 0.394 e. The van der Waals surface area contributed by atoms with E-state index in [9.17, 15) is 9.90 Å². The third kappa shape index (κ3) is 3.37. The number of carbonyl (C=O) groups excluding carboxylic acids is 1. The van der Waals surface area contributed by atoms with Gasteiger partial charge in [0.05, 0.1) is 12.6 Å². The highest BCUT2D eigenvalue weighted by Gasteiger charge is 2.30. The van der Waals surface area contributed by atoms with Crippen LogP contribution in [0, 0.1) is 0 Å². The Bertz CT molecular complexity index is 174. The summed E-state index contributed by atoms with van der Waals surface area (Å²) in [7, 11) is 0. The maximum atomic E-state index is 10.7. The van der Waals surface area contributed by atoms with Gasteiger partial charge < -0.3 is 26.2 Å². The number of aliphatic hydroxyl groups excluding tert-OH is 4. The Kier molecular flexibility index (Phi) is 5.04. The van der Waals surface area contributed by atoms with Gasteiger partial charge >= 0.3 is 0 Å². The highest BCUT2D eigenvalue weighted by molar-refractivity contribution is 5.81. The number of carbonyl (C=O) groups is 1. The quantitative estimate of drug-likeness (QED) is 0.316. The Labute approximate surface area is 75.6 Å². The van der Waals surface area contributed by atoms with Crippen LogP contribution in [0.4, 0.5) is 0 Å². The summed E-state index contributed by atoms with van der Waals surface area (Å²) in [4.78, 5) is 10.7. The Morgan fingerprint density at radius 3 is 2.08 bits per heavy atom. The average molecular weight is 193 g/mol. The van der Waals surface area contributed by atoms with E-state index >= 15 is 0 Å². The van der Waals surface area contributed by atoms with E-state index in [2.05, 4.69) is 0 Å². The molecule has 0 aliphatic rings. The van der Waals surface area contributed by atoms with Crippen LogP contribution in [0.3, 0.4) is 0 Å². The smallest absolute Gasteiger partial charge is 0.149 e. The molecule has 0 spiro atoms. The maximum Gasteiger partial charge on any atom is 0.149 e. The van der Waals surface area contributed by atoms with Crippen molar-refractivity contribution in [2.45, 2.75) is 31.3 Å². The molecule has 0 heterocycles. The Hall–Kier alpha value is -0.530. The molecule has 0 radical (unpaired) electrons. The van der Waals surface area contributed by atoms with Crippen molar-refractivity contribution in [1.82, 2.24) is 0 Å². The van der Waals surface area contributed by atoms with Crippen molar-refractivity contribution in [1.29, 1.82) is 0 Å². The topological polar surface area (TPSA) is 124 Å². The number of Topliss-reactive ketones (excluding diaryl/α,β-unsaturated/α-hetero) is 1. The fourth-order valence-electron chi connectivity index (χ4n) is 0.789. The standard InChI is InChI=1S/C7H15NO5/c1-3(10)5(8)7(13)6(12)4(11)2-9/h4-7,9,11-13H,2,8H2,1H3/t4-,5+,6-,7-/m0/s1. The molecule has 0 aliphatic carbocycles. The summed E-state index contributed by atoms with van der Waals surface area (Å²) in [6, 6.07) is -1.25. The molecule has 78 valence electrons. The van der Waals surface area contributed by atoms with Crippen molar-refractivity contribution in [3.05, 3.63) is 0 Å². The lowest BCUT2D eigenvalue weighted by atomic mass is 9.99. The first-order chi connectivity index (χ1) is 5.91. The SMILES string of the molecule is CC(=O)[C@@H](N)[C@H](O)[C@@H](O)[C@@H](O)CO. The fourth-order valence-corrected chi connectivity index (χ4v) is 0.789. The Balaban J connectivity index is 4.24. The second-order valence-corrected chi connectivity index (χ2v) is 2.87. The van der Waals surface area contributed by atoms with Gasteiger partial charge in [-0.1, -0.05) is 0 Å². The van der Waals surface area contributed by atoms with Crippen LogP contribution in [0.1, 0.15) is 6.92 Å². The molecule has 6 N–H and O–H groups in total. The van der Waals surface area contributed by atoms with E-state index < -0.39 is 36.7 Å². The lowest BCUT2D eigenvalue weighted by molar-refractivity contribution is -0.127. The molecule has 0 rings (SSSR count). The van der Waals surface area contributed by atoms with Crippen LogP contribution in [0.25, 0.3) is 0 Å². The third-order valence-corrected chi connectivity index (χ3v) is 1.77. The molecule has 0 amide bonds. The normalized spacial score (nSPS) is 20.5. The Morgan fingerprint density at radius 1 is 1.31 bits per heavy atom. The van der Waals surface area contributed by atoms with Crippen molar-refractivity contribution >= 4 is 5.78 Å². The van der Waals surface area contributed by atoms with Crippen molar-refractivity contribution in [3.8, 4) is 0 Å². The molecule has 0 fully saturated rings. The van der Waals surface area contributed by atoms with Gasteiger partial charge in [-0.15, -0.1) is 0 Å². The monoisotopic (exact) mass is 193 g/mol. The number of nitrogens with two attached hydrogens (primary N) is 1. The molecule has 0 unspecified atom stereocenters. The van der Waals surface area contributed by atoms with Crippen molar-refractivity contribution in [2.24, 2.45) is 5.73 Å². The molecule has 0 saturated heterocycles. The van der Waals surface area contributed by atoms with E-state index in [1.54, 1.807) is 0 Å². The van der Waals surface area contributed by atoms with E-state index in [4.69, 9.17) is 21.1 Å². The zero-order valence-corrected chi connectivity index (χ0v) is 7.29. The lowest BCUT2D eigenvalue weighted by Gasteiger charge is -2.24. The zero-order chi connectivity index (χ0) is 10.6. The summed E-state index contributed by atoms with van der Waals surface area (Å²) in [6.45, 7) is 0.453. The number of hydrogen-bond donors (Lipinski definition) is 5. The summed E-state index contributed by atoms with van der Waals surface area (Å²) in [5, 5.41) is 35.6. The number of rotatable bonds is 5. The highest BCUT2D eigenvalue weighted by atomic mass is 16.4. The van der Waals surface area contributed by atoms with Gasteiger partial charge in [-0.25, -0.2) is 0 Å². The molecule has 6 heteroatoms. The van der Waals surface area contributed by atoms with Crippen LogP contribution in [0.5, 0.6) is 0 Å². The second kappa shape index (κ2) is 5.25. The third-order valence-electron chi connectivity index (χ3n) is 1.77. The van der Waals surface area contributed by atoms with Crippen molar-refractivity contribution < 1.29 is 25.2 Å². The number of aliphatic hydroxyl groups is 4. The minimum Gasteiger partial charge on any atom is -0.394 e. The fraction of sp³-hybridized carbons (Fsp3) is 0.857.